The number of likely N-dealkylation sites (tertiary alicyclic amines) is 1. The van der Waals surface area contributed by atoms with Crippen molar-refractivity contribution in [3.8, 4) is 0 Å². The number of nitrogens with zero attached hydrogens (tertiary/aromatic N) is 2. The molecule has 1 aromatic rings. The predicted octanol–water partition coefficient (Wildman–Crippen LogP) is 2.12. The van der Waals surface area contributed by atoms with Gasteiger partial charge < -0.3 is 4.90 Å². The van der Waals surface area contributed by atoms with Crippen molar-refractivity contribution in [2.75, 3.05) is 19.6 Å². The third-order valence-electron chi connectivity index (χ3n) is 4.36. The summed E-state index contributed by atoms with van der Waals surface area (Å²) in [5.41, 5.74) is 0. The molecule has 0 bridgehead atoms. The van der Waals surface area contributed by atoms with Gasteiger partial charge in [0.2, 0.25) is 15.9 Å². The number of sulfonamides is 1. The van der Waals surface area contributed by atoms with Crippen LogP contribution in [0.3, 0.4) is 0 Å². The van der Waals surface area contributed by atoms with Crippen molar-refractivity contribution in [2.24, 2.45) is 0 Å². The van der Waals surface area contributed by atoms with E-state index >= 15 is 0 Å². The van der Waals surface area contributed by atoms with Crippen molar-refractivity contribution in [1.82, 2.24) is 9.21 Å². The highest BCUT2D eigenvalue weighted by Gasteiger charge is 2.35. The lowest BCUT2D eigenvalue weighted by Crippen LogP contribution is -2.50. The maximum Gasteiger partial charge on any atom is 0.243 e. The lowest BCUT2D eigenvalue weighted by Gasteiger charge is -2.36. The normalized spacial score (nSPS) is 24.0. The van der Waals surface area contributed by atoms with Crippen LogP contribution in [0, 0.1) is 0 Å². The molecule has 1 aromatic carbocycles. The first-order valence-electron chi connectivity index (χ1n) is 7.54. The Hall–Kier alpha value is -1.11. The number of piperidine rings is 1. The third-order valence-corrected chi connectivity index (χ3v) is 6.49. The molecule has 2 fully saturated rings. The van der Waals surface area contributed by atoms with E-state index in [0.717, 1.165) is 25.8 Å². The number of carbonyl (C=O) groups excluding carboxylic acids is 1. The molecule has 5 nitrogen and oxygen atoms in total. The molecule has 2 saturated heterocycles. The Balaban J connectivity index is 1.78. The largest absolute Gasteiger partial charge is 0.338 e. The second kappa shape index (κ2) is 6.18. The monoisotopic (exact) mass is 342 g/mol. The van der Waals surface area contributed by atoms with Gasteiger partial charge in [-0.05, 0) is 43.5 Å². The number of amides is 1. The van der Waals surface area contributed by atoms with E-state index in [-0.39, 0.29) is 16.8 Å². The van der Waals surface area contributed by atoms with E-state index in [9.17, 15) is 13.2 Å². The van der Waals surface area contributed by atoms with Crippen LogP contribution in [0.2, 0.25) is 5.02 Å². The maximum atomic E-state index is 12.7. The Morgan fingerprint density at radius 1 is 1.09 bits per heavy atom. The molecule has 0 unspecified atom stereocenters. The van der Waals surface area contributed by atoms with Crippen LogP contribution in [0.1, 0.15) is 25.7 Å². The molecular weight excluding hydrogens is 324 g/mol. The first-order valence-corrected chi connectivity index (χ1v) is 9.35. The number of benzene rings is 1. The molecule has 1 atom stereocenters. The summed E-state index contributed by atoms with van der Waals surface area (Å²) in [6.07, 6.45) is 3.11. The smallest absolute Gasteiger partial charge is 0.243 e. The molecule has 2 heterocycles. The molecule has 22 heavy (non-hydrogen) atoms. The fourth-order valence-corrected chi connectivity index (χ4v) is 4.85. The van der Waals surface area contributed by atoms with E-state index in [0.29, 0.717) is 24.5 Å². The lowest BCUT2D eigenvalue weighted by atomic mass is 10.1. The summed E-state index contributed by atoms with van der Waals surface area (Å²) >= 11 is 5.82. The first-order chi connectivity index (χ1) is 10.5. The summed E-state index contributed by atoms with van der Waals surface area (Å²) < 4.78 is 26.9. The van der Waals surface area contributed by atoms with Crippen LogP contribution < -0.4 is 0 Å². The molecule has 3 rings (SSSR count). The zero-order chi connectivity index (χ0) is 15.7. The van der Waals surface area contributed by atoms with Crippen molar-refractivity contribution < 1.29 is 13.2 Å². The summed E-state index contributed by atoms with van der Waals surface area (Å²) in [7, 11) is -3.52. The van der Waals surface area contributed by atoms with Crippen molar-refractivity contribution >= 4 is 27.5 Å². The fourth-order valence-electron chi connectivity index (χ4n) is 3.20. The van der Waals surface area contributed by atoms with Crippen LogP contribution in [0.25, 0.3) is 0 Å². The third kappa shape index (κ3) is 3.00. The number of hydrogen-bond donors (Lipinski definition) is 0. The minimum absolute atomic E-state index is 0.00539. The zero-order valence-corrected chi connectivity index (χ0v) is 13.8. The van der Waals surface area contributed by atoms with E-state index in [1.165, 1.54) is 16.4 Å². The fraction of sp³-hybridized carbons (Fsp3) is 0.533. The van der Waals surface area contributed by atoms with E-state index in [4.69, 9.17) is 11.6 Å². The van der Waals surface area contributed by atoms with Gasteiger partial charge in [-0.3, -0.25) is 4.79 Å². The summed E-state index contributed by atoms with van der Waals surface area (Å²) in [5.74, 6) is 0.149. The number of hydrogen-bond acceptors (Lipinski definition) is 3. The standard InChI is InChI=1S/C15H19ClN2O3S/c16-12-5-7-14(8-6-12)22(20,21)17-9-1-3-13(11-17)18-10-2-4-15(18)19/h5-8,13H,1-4,9-11H2/t13-/m0/s1. The van der Waals surface area contributed by atoms with Crippen LogP contribution in [0.5, 0.6) is 0 Å². The van der Waals surface area contributed by atoms with E-state index in [2.05, 4.69) is 0 Å². The summed E-state index contributed by atoms with van der Waals surface area (Å²) in [6.45, 7) is 1.64. The molecular formula is C15H19ClN2O3S. The molecule has 7 heteroatoms. The zero-order valence-electron chi connectivity index (χ0n) is 12.2. The highest BCUT2D eigenvalue weighted by Crippen LogP contribution is 2.26. The van der Waals surface area contributed by atoms with Gasteiger partial charge in [0.1, 0.15) is 0 Å². The second-order valence-electron chi connectivity index (χ2n) is 5.80. The van der Waals surface area contributed by atoms with E-state index < -0.39 is 10.0 Å². The SMILES string of the molecule is O=C1CCCN1[C@H]1CCCN(S(=O)(=O)c2ccc(Cl)cc2)C1. The van der Waals surface area contributed by atoms with Crippen LogP contribution in [0.15, 0.2) is 29.2 Å². The Morgan fingerprint density at radius 2 is 1.82 bits per heavy atom. The van der Waals surface area contributed by atoms with Gasteiger partial charge in [0.25, 0.3) is 0 Å². The van der Waals surface area contributed by atoms with Gasteiger partial charge in [-0.15, -0.1) is 0 Å². The second-order valence-corrected chi connectivity index (χ2v) is 8.18. The Kier molecular flexibility index (Phi) is 4.43. The van der Waals surface area contributed by atoms with Crippen molar-refractivity contribution in [3.63, 3.8) is 0 Å². The molecule has 2 aliphatic rings. The molecule has 0 aliphatic carbocycles. The Bertz CT molecular complexity index is 660. The van der Waals surface area contributed by atoms with Gasteiger partial charge >= 0.3 is 0 Å². The maximum absolute atomic E-state index is 12.7. The quantitative estimate of drug-likeness (QED) is 0.845. The van der Waals surface area contributed by atoms with Gasteiger partial charge in [-0.25, -0.2) is 8.42 Å². The van der Waals surface area contributed by atoms with Gasteiger partial charge in [0.15, 0.2) is 0 Å². The molecule has 1 amide bonds. The van der Waals surface area contributed by atoms with E-state index in [1.54, 1.807) is 12.1 Å². The van der Waals surface area contributed by atoms with E-state index in [1.807, 2.05) is 4.90 Å². The number of halogens is 1. The highest BCUT2D eigenvalue weighted by atomic mass is 35.5. The Labute approximate surface area is 135 Å². The molecule has 0 saturated carbocycles. The average Bonchev–Trinajstić information content (AvgIpc) is 2.94. The molecule has 0 radical (unpaired) electrons. The average molecular weight is 343 g/mol. The molecule has 0 aromatic heterocycles. The van der Waals surface area contributed by atoms with Crippen molar-refractivity contribution in [3.05, 3.63) is 29.3 Å². The number of rotatable bonds is 3. The van der Waals surface area contributed by atoms with Crippen molar-refractivity contribution in [2.45, 2.75) is 36.6 Å². The van der Waals surface area contributed by atoms with Crippen molar-refractivity contribution in [1.29, 1.82) is 0 Å². The van der Waals surface area contributed by atoms with Gasteiger partial charge in [0, 0.05) is 37.1 Å². The number of carbonyl (C=O) groups is 1. The van der Waals surface area contributed by atoms with Crippen LogP contribution in [0.4, 0.5) is 0 Å². The minimum atomic E-state index is -3.52. The molecule has 0 N–H and O–H groups in total. The van der Waals surface area contributed by atoms with Gasteiger partial charge in [-0.2, -0.15) is 4.31 Å². The van der Waals surface area contributed by atoms with Crippen LogP contribution in [-0.2, 0) is 14.8 Å². The summed E-state index contributed by atoms with van der Waals surface area (Å²) in [6, 6.07) is 6.23. The summed E-state index contributed by atoms with van der Waals surface area (Å²) in [5, 5.41) is 0.512. The molecule has 120 valence electrons. The predicted molar refractivity (Wildman–Crippen MR) is 84.2 cm³/mol. The topological polar surface area (TPSA) is 57.7 Å². The lowest BCUT2D eigenvalue weighted by molar-refractivity contribution is -0.130. The van der Waals surface area contributed by atoms with Gasteiger partial charge in [0.05, 0.1) is 4.90 Å². The summed E-state index contributed by atoms with van der Waals surface area (Å²) in [4.78, 5) is 14.0. The highest BCUT2D eigenvalue weighted by molar-refractivity contribution is 7.89. The molecule has 2 aliphatic heterocycles. The Morgan fingerprint density at radius 3 is 2.45 bits per heavy atom. The van der Waals surface area contributed by atoms with Crippen LogP contribution in [-0.4, -0.2) is 49.2 Å². The first kappa shape index (κ1) is 15.8. The minimum Gasteiger partial charge on any atom is -0.338 e. The molecule has 0 spiro atoms. The van der Waals surface area contributed by atoms with Crippen LogP contribution >= 0.6 is 11.6 Å². The van der Waals surface area contributed by atoms with Gasteiger partial charge in [-0.1, -0.05) is 11.6 Å².